The normalized spacial score (nSPS) is 15.2. The Hall–Kier alpha value is -3.52. The van der Waals surface area contributed by atoms with Crippen molar-refractivity contribution in [1.82, 2.24) is 20.9 Å². The molecule has 10 nitrogen and oxygen atoms in total. The molecule has 1 fully saturated rings. The highest BCUT2D eigenvalue weighted by Gasteiger charge is 2.37. The number of carbonyl (C=O) groups is 3. The van der Waals surface area contributed by atoms with Gasteiger partial charge in [-0.15, -0.1) is 0 Å². The molecule has 0 bridgehead atoms. The smallest absolute Gasteiger partial charge is 0.410 e. The molecular weight excluding hydrogens is 541 g/mol. The summed E-state index contributed by atoms with van der Waals surface area (Å²) < 4.78 is 72.4. The van der Waals surface area contributed by atoms with Crippen molar-refractivity contribution in [3.05, 3.63) is 60.2 Å². The number of halogens is 3. The zero-order valence-electron chi connectivity index (χ0n) is 21.0. The lowest BCUT2D eigenvalue weighted by molar-refractivity contribution is -0.172. The molecule has 39 heavy (non-hydrogen) atoms. The number of ether oxygens (including phenoxy) is 1. The number of aromatic nitrogens is 1. The molecule has 1 aliphatic rings. The quantitative estimate of drug-likeness (QED) is 0.274. The number of carbonyl (C=O) groups excluding carboxylic acids is 3. The van der Waals surface area contributed by atoms with Gasteiger partial charge < -0.3 is 15.4 Å². The SMILES string of the molecule is CCC(NC(=O)C(CS(=O)(=O)Cc1cccnc1)NCC(F)(F)Oc1ccc(F)cc1)C(=O)C(=O)NC1CC1. The maximum absolute atomic E-state index is 14.5. The predicted molar refractivity (Wildman–Crippen MR) is 134 cm³/mol. The highest BCUT2D eigenvalue weighted by molar-refractivity contribution is 7.90. The van der Waals surface area contributed by atoms with Crippen LogP contribution < -0.4 is 20.7 Å². The van der Waals surface area contributed by atoms with Gasteiger partial charge in [0.25, 0.3) is 5.91 Å². The van der Waals surface area contributed by atoms with Gasteiger partial charge in [-0.05, 0) is 55.2 Å². The number of hydrogen-bond donors (Lipinski definition) is 3. The molecule has 3 N–H and O–H groups in total. The molecule has 2 atom stereocenters. The van der Waals surface area contributed by atoms with Crippen molar-refractivity contribution >= 4 is 27.4 Å². The van der Waals surface area contributed by atoms with E-state index in [1.807, 2.05) is 0 Å². The van der Waals surface area contributed by atoms with Gasteiger partial charge in [0.05, 0.1) is 17.5 Å². The lowest BCUT2D eigenvalue weighted by Gasteiger charge is -2.24. The van der Waals surface area contributed by atoms with Crippen LogP contribution in [0.25, 0.3) is 0 Å². The third-order valence-corrected chi connectivity index (χ3v) is 7.27. The molecule has 1 aromatic heterocycles. The molecule has 0 saturated heterocycles. The number of ketones is 1. The van der Waals surface area contributed by atoms with Crippen LogP contribution in [0.1, 0.15) is 31.7 Å². The Kier molecular flexibility index (Phi) is 10.0. The Labute approximate surface area is 223 Å². The summed E-state index contributed by atoms with van der Waals surface area (Å²) in [5.41, 5.74) is 0.319. The maximum atomic E-state index is 14.5. The molecule has 2 unspecified atom stereocenters. The number of benzene rings is 1. The van der Waals surface area contributed by atoms with E-state index in [-0.39, 0.29) is 18.2 Å². The van der Waals surface area contributed by atoms with Crippen LogP contribution in [-0.4, -0.2) is 67.5 Å². The van der Waals surface area contributed by atoms with E-state index in [9.17, 15) is 36.0 Å². The minimum absolute atomic E-state index is 0.00164. The third-order valence-electron chi connectivity index (χ3n) is 5.66. The van der Waals surface area contributed by atoms with Crippen molar-refractivity contribution in [2.24, 2.45) is 0 Å². The summed E-state index contributed by atoms with van der Waals surface area (Å²) in [6.45, 7) is 0.233. The van der Waals surface area contributed by atoms with E-state index in [4.69, 9.17) is 0 Å². The van der Waals surface area contributed by atoms with Crippen LogP contribution in [0, 0.1) is 5.82 Å². The monoisotopic (exact) mass is 570 g/mol. The fourth-order valence-electron chi connectivity index (χ4n) is 3.50. The molecule has 0 spiro atoms. The van der Waals surface area contributed by atoms with Gasteiger partial charge in [0.15, 0.2) is 9.84 Å². The Morgan fingerprint density at radius 3 is 2.41 bits per heavy atom. The summed E-state index contributed by atoms with van der Waals surface area (Å²) in [4.78, 5) is 41.6. The number of Topliss-reactive ketones (excluding diaryl/α,β-unsaturated/α-hetero) is 1. The van der Waals surface area contributed by atoms with Gasteiger partial charge in [0.1, 0.15) is 24.2 Å². The van der Waals surface area contributed by atoms with E-state index in [1.165, 1.54) is 31.5 Å². The molecule has 14 heteroatoms. The summed E-state index contributed by atoms with van der Waals surface area (Å²) in [6, 6.07) is 3.69. The van der Waals surface area contributed by atoms with Gasteiger partial charge in [-0.2, -0.15) is 8.78 Å². The molecule has 0 aliphatic heterocycles. The molecule has 2 amide bonds. The van der Waals surface area contributed by atoms with E-state index in [1.54, 1.807) is 0 Å². The molecule has 1 aromatic carbocycles. The van der Waals surface area contributed by atoms with Crippen molar-refractivity contribution in [3.8, 4) is 5.75 Å². The molecule has 1 saturated carbocycles. The number of sulfone groups is 1. The summed E-state index contributed by atoms with van der Waals surface area (Å²) in [7, 11) is -4.05. The van der Waals surface area contributed by atoms with E-state index >= 15 is 0 Å². The number of hydrogen-bond acceptors (Lipinski definition) is 8. The number of amides is 2. The molecule has 2 aromatic rings. The van der Waals surface area contributed by atoms with E-state index in [0.717, 1.165) is 37.1 Å². The van der Waals surface area contributed by atoms with Crippen molar-refractivity contribution in [3.63, 3.8) is 0 Å². The zero-order chi connectivity index (χ0) is 28.6. The van der Waals surface area contributed by atoms with Crippen LogP contribution in [0.15, 0.2) is 48.8 Å². The number of rotatable bonds is 15. The van der Waals surface area contributed by atoms with Crippen molar-refractivity contribution in [2.45, 2.75) is 56.2 Å². The van der Waals surface area contributed by atoms with Gasteiger partial charge >= 0.3 is 6.11 Å². The second-order valence-corrected chi connectivity index (χ2v) is 11.2. The molecule has 3 rings (SSSR count). The first-order valence-corrected chi connectivity index (χ1v) is 14.0. The molecule has 212 valence electrons. The summed E-state index contributed by atoms with van der Waals surface area (Å²) >= 11 is 0. The molecule has 1 aliphatic carbocycles. The topological polar surface area (TPSA) is 144 Å². The van der Waals surface area contributed by atoms with Crippen molar-refractivity contribution in [1.29, 1.82) is 0 Å². The lowest BCUT2D eigenvalue weighted by atomic mass is 10.1. The fourth-order valence-corrected chi connectivity index (χ4v) is 5.07. The standard InChI is InChI=1S/C25H29F3N4O6S/c1-2-20(22(33)24(35)31-18-7-8-18)32-23(34)21(14-39(36,37)13-16-4-3-11-29-12-16)30-15-25(27,28)38-19-9-5-17(26)6-10-19/h3-6,9-12,18,20-21,30H,2,7-8,13-15H2,1H3,(H,31,35)(H,32,34). The highest BCUT2D eigenvalue weighted by atomic mass is 32.2. The van der Waals surface area contributed by atoms with Gasteiger partial charge in [-0.3, -0.25) is 24.7 Å². The molecule has 0 radical (unpaired) electrons. The van der Waals surface area contributed by atoms with Crippen LogP contribution in [0.2, 0.25) is 0 Å². The van der Waals surface area contributed by atoms with Crippen LogP contribution in [0.3, 0.4) is 0 Å². The maximum Gasteiger partial charge on any atom is 0.410 e. The Bertz CT molecular complexity index is 1260. The third kappa shape index (κ3) is 9.94. The fraction of sp³-hybridized carbons (Fsp3) is 0.440. The second-order valence-electron chi connectivity index (χ2n) is 9.12. The number of alkyl halides is 2. The van der Waals surface area contributed by atoms with Crippen molar-refractivity contribution in [2.75, 3.05) is 12.3 Å². The van der Waals surface area contributed by atoms with Crippen molar-refractivity contribution < 1.29 is 40.7 Å². The van der Waals surface area contributed by atoms with Gasteiger partial charge in [-0.25, -0.2) is 12.8 Å². The van der Waals surface area contributed by atoms with Gasteiger partial charge in [0.2, 0.25) is 11.7 Å². The van der Waals surface area contributed by atoms with Crippen LogP contribution in [0.5, 0.6) is 5.75 Å². The number of nitrogens with one attached hydrogen (secondary N) is 3. The van der Waals surface area contributed by atoms with Gasteiger partial charge in [0, 0.05) is 18.4 Å². The van der Waals surface area contributed by atoms with Gasteiger partial charge in [-0.1, -0.05) is 13.0 Å². The predicted octanol–water partition coefficient (Wildman–Crippen LogP) is 1.51. The highest BCUT2D eigenvalue weighted by Crippen LogP contribution is 2.22. The first-order valence-electron chi connectivity index (χ1n) is 12.2. The Morgan fingerprint density at radius 1 is 1.13 bits per heavy atom. The van der Waals surface area contributed by atoms with Crippen LogP contribution in [0.4, 0.5) is 13.2 Å². The number of pyridine rings is 1. The van der Waals surface area contributed by atoms with E-state index in [0.29, 0.717) is 5.56 Å². The summed E-state index contributed by atoms with van der Waals surface area (Å²) in [6.07, 6.45) is 0.303. The summed E-state index contributed by atoms with van der Waals surface area (Å²) in [5, 5.41) is 7.02. The molecule has 1 heterocycles. The van der Waals surface area contributed by atoms with Crippen LogP contribution >= 0.6 is 0 Å². The minimum Gasteiger partial charge on any atom is -0.432 e. The number of nitrogens with zero attached hydrogens (tertiary/aromatic N) is 1. The van der Waals surface area contributed by atoms with Crippen LogP contribution in [-0.2, 0) is 30.0 Å². The second kappa shape index (κ2) is 13.0. The first-order chi connectivity index (χ1) is 18.4. The zero-order valence-corrected chi connectivity index (χ0v) is 21.8. The average molecular weight is 571 g/mol. The van der Waals surface area contributed by atoms with E-state index < -0.39 is 69.5 Å². The first kappa shape index (κ1) is 30.0. The van der Waals surface area contributed by atoms with E-state index in [2.05, 4.69) is 25.7 Å². The minimum atomic E-state index is -4.05. The molecular formula is C25H29F3N4O6S. The Morgan fingerprint density at radius 2 is 1.82 bits per heavy atom. The Balaban J connectivity index is 1.72. The largest absolute Gasteiger partial charge is 0.432 e. The lowest BCUT2D eigenvalue weighted by Crippen LogP contribution is -2.56. The average Bonchev–Trinajstić information content (AvgIpc) is 3.70. The summed E-state index contributed by atoms with van der Waals surface area (Å²) in [5.74, 6) is -5.33.